The van der Waals surface area contributed by atoms with E-state index in [1.165, 1.54) is 16.2 Å². The standard InChI is InChI=1S/C19H19N3O6S/c1-28-19-21-8-14(29-19)12-4-2-11(3-5-12)10-22-7-6-13(23)16(18(22)27)17(26)20-9-15(24)25/h2-5,8,16H,6-7,9-10H2,1H3,(H,20,26)(H,24,25). The number of ketones is 1. The van der Waals surface area contributed by atoms with E-state index in [0.29, 0.717) is 5.19 Å². The Balaban J connectivity index is 1.67. The molecule has 0 saturated carbocycles. The van der Waals surface area contributed by atoms with E-state index >= 15 is 0 Å². The first-order valence-electron chi connectivity index (χ1n) is 8.79. The van der Waals surface area contributed by atoms with Crippen LogP contribution in [0.2, 0.25) is 0 Å². The van der Waals surface area contributed by atoms with Crippen LogP contribution in [-0.4, -0.2) is 58.8 Å². The van der Waals surface area contributed by atoms with Gasteiger partial charge in [-0.1, -0.05) is 35.6 Å². The number of carboxylic acid groups (broad SMARTS) is 1. The van der Waals surface area contributed by atoms with Crippen molar-refractivity contribution in [3.05, 3.63) is 36.0 Å². The molecule has 1 aliphatic rings. The van der Waals surface area contributed by atoms with Gasteiger partial charge in [0.2, 0.25) is 11.8 Å². The molecule has 1 saturated heterocycles. The number of carboxylic acids is 1. The second-order valence-electron chi connectivity index (χ2n) is 6.41. The van der Waals surface area contributed by atoms with Crippen molar-refractivity contribution in [2.24, 2.45) is 5.92 Å². The number of amides is 2. The van der Waals surface area contributed by atoms with Gasteiger partial charge in [-0.25, -0.2) is 4.98 Å². The zero-order valence-electron chi connectivity index (χ0n) is 15.6. The lowest BCUT2D eigenvalue weighted by Gasteiger charge is -2.30. The summed E-state index contributed by atoms with van der Waals surface area (Å²) in [6, 6.07) is 7.54. The molecule has 2 aromatic rings. The van der Waals surface area contributed by atoms with E-state index < -0.39 is 36.0 Å². The summed E-state index contributed by atoms with van der Waals surface area (Å²) in [5, 5.41) is 11.3. The summed E-state index contributed by atoms with van der Waals surface area (Å²) in [5.41, 5.74) is 1.80. The molecule has 1 fully saturated rings. The van der Waals surface area contributed by atoms with Gasteiger partial charge < -0.3 is 20.1 Å². The van der Waals surface area contributed by atoms with Crippen LogP contribution in [-0.2, 0) is 25.7 Å². The van der Waals surface area contributed by atoms with Crippen molar-refractivity contribution in [1.82, 2.24) is 15.2 Å². The molecule has 1 unspecified atom stereocenters. The predicted octanol–water partition coefficient (Wildman–Crippen LogP) is 0.937. The molecule has 0 radical (unpaired) electrons. The van der Waals surface area contributed by atoms with E-state index in [4.69, 9.17) is 9.84 Å². The number of hydrogen-bond donors (Lipinski definition) is 2. The van der Waals surface area contributed by atoms with E-state index in [1.54, 1.807) is 13.3 Å². The Labute approximate surface area is 170 Å². The molecular weight excluding hydrogens is 398 g/mol. The van der Waals surface area contributed by atoms with E-state index in [-0.39, 0.29) is 19.5 Å². The van der Waals surface area contributed by atoms with Gasteiger partial charge in [-0.3, -0.25) is 19.2 Å². The van der Waals surface area contributed by atoms with Gasteiger partial charge in [0.15, 0.2) is 11.7 Å². The molecule has 1 aliphatic heterocycles. The number of methoxy groups -OCH3 is 1. The Morgan fingerprint density at radius 1 is 1.31 bits per heavy atom. The summed E-state index contributed by atoms with van der Waals surface area (Å²) < 4.78 is 5.09. The van der Waals surface area contributed by atoms with Gasteiger partial charge in [0.1, 0.15) is 6.54 Å². The summed E-state index contributed by atoms with van der Waals surface area (Å²) in [6.07, 6.45) is 1.77. The van der Waals surface area contributed by atoms with Gasteiger partial charge in [0.05, 0.1) is 12.0 Å². The van der Waals surface area contributed by atoms with Crippen molar-refractivity contribution in [3.63, 3.8) is 0 Å². The zero-order chi connectivity index (χ0) is 21.0. The van der Waals surface area contributed by atoms with Crippen molar-refractivity contribution in [2.45, 2.75) is 13.0 Å². The number of ether oxygens (including phenoxy) is 1. The number of thiazole rings is 1. The minimum Gasteiger partial charge on any atom is -0.480 e. The van der Waals surface area contributed by atoms with Crippen molar-refractivity contribution in [1.29, 1.82) is 0 Å². The third kappa shape index (κ3) is 4.77. The van der Waals surface area contributed by atoms with Gasteiger partial charge in [-0.05, 0) is 11.1 Å². The van der Waals surface area contributed by atoms with Crippen LogP contribution in [0.25, 0.3) is 10.4 Å². The normalized spacial score (nSPS) is 16.6. The Morgan fingerprint density at radius 2 is 2.03 bits per heavy atom. The van der Waals surface area contributed by atoms with Crippen LogP contribution in [0.3, 0.4) is 0 Å². The number of piperidine rings is 1. The summed E-state index contributed by atoms with van der Waals surface area (Å²) in [7, 11) is 1.56. The summed E-state index contributed by atoms with van der Waals surface area (Å²) >= 11 is 1.42. The van der Waals surface area contributed by atoms with Crippen LogP contribution < -0.4 is 10.1 Å². The van der Waals surface area contributed by atoms with Gasteiger partial charge >= 0.3 is 5.97 Å². The van der Waals surface area contributed by atoms with Crippen LogP contribution >= 0.6 is 11.3 Å². The third-order valence-electron chi connectivity index (χ3n) is 4.46. The van der Waals surface area contributed by atoms with Crippen LogP contribution in [0, 0.1) is 5.92 Å². The number of benzene rings is 1. The van der Waals surface area contributed by atoms with E-state index in [2.05, 4.69) is 10.3 Å². The average Bonchev–Trinajstić information content (AvgIpc) is 3.18. The fraction of sp³-hybridized carbons (Fsp3) is 0.316. The van der Waals surface area contributed by atoms with Crippen molar-refractivity contribution < 1.29 is 29.0 Å². The highest BCUT2D eigenvalue weighted by atomic mass is 32.1. The van der Waals surface area contributed by atoms with Gasteiger partial charge in [-0.2, -0.15) is 0 Å². The van der Waals surface area contributed by atoms with Crippen LogP contribution in [0.1, 0.15) is 12.0 Å². The van der Waals surface area contributed by atoms with Gasteiger partial charge in [-0.15, -0.1) is 0 Å². The molecule has 3 rings (SSSR count). The maximum atomic E-state index is 12.6. The molecule has 1 aromatic heterocycles. The van der Waals surface area contributed by atoms with Crippen LogP contribution in [0.4, 0.5) is 0 Å². The number of nitrogens with one attached hydrogen (secondary N) is 1. The van der Waals surface area contributed by atoms with Crippen molar-refractivity contribution >= 4 is 34.9 Å². The van der Waals surface area contributed by atoms with Crippen molar-refractivity contribution in [2.75, 3.05) is 20.2 Å². The summed E-state index contributed by atoms with van der Waals surface area (Å²) in [6.45, 7) is -0.172. The number of aliphatic carboxylic acids is 1. The number of hydrogen-bond acceptors (Lipinski definition) is 7. The van der Waals surface area contributed by atoms with Gasteiger partial charge in [0.25, 0.3) is 5.19 Å². The molecule has 10 heteroatoms. The zero-order valence-corrected chi connectivity index (χ0v) is 16.4. The first-order valence-corrected chi connectivity index (χ1v) is 9.61. The second kappa shape index (κ2) is 8.82. The van der Waals surface area contributed by atoms with E-state index in [0.717, 1.165) is 16.0 Å². The maximum absolute atomic E-state index is 12.6. The van der Waals surface area contributed by atoms with E-state index in [1.807, 2.05) is 24.3 Å². The number of rotatable bonds is 7. The molecule has 0 spiro atoms. The highest BCUT2D eigenvalue weighted by Gasteiger charge is 2.40. The highest BCUT2D eigenvalue weighted by molar-refractivity contribution is 7.16. The first-order chi connectivity index (χ1) is 13.9. The summed E-state index contributed by atoms with van der Waals surface area (Å²) in [4.78, 5) is 53.9. The number of carbonyl (C=O) groups is 4. The van der Waals surface area contributed by atoms with Crippen molar-refractivity contribution in [3.8, 4) is 15.6 Å². The fourth-order valence-electron chi connectivity index (χ4n) is 2.98. The lowest BCUT2D eigenvalue weighted by atomic mass is 9.94. The molecule has 2 amide bonds. The lowest BCUT2D eigenvalue weighted by molar-refractivity contribution is -0.152. The first kappa shape index (κ1) is 20.5. The van der Waals surface area contributed by atoms with Crippen LogP contribution in [0.15, 0.2) is 30.5 Å². The van der Waals surface area contributed by atoms with Crippen LogP contribution in [0.5, 0.6) is 5.19 Å². The Morgan fingerprint density at radius 3 is 2.66 bits per heavy atom. The Kier molecular flexibility index (Phi) is 6.23. The number of aromatic nitrogens is 1. The average molecular weight is 417 g/mol. The molecule has 0 bridgehead atoms. The minimum absolute atomic E-state index is 0.0512. The topological polar surface area (TPSA) is 126 Å². The lowest BCUT2D eigenvalue weighted by Crippen LogP contribution is -2.52. The maximum Gasteiger partial charge on any atom is 0.322 e. The SMILES string of the molecule is COc1ncc(-c2ccc(CN3CCC(=O)C(C(=O)NCC(=O)O)C3=O)cc2)s1. The Bertz CT molecular complexity index is 940. The fourth-order valence-corrected chi connectivity index (χ4v) is 3.72. The molecular formula is C19H19N3O6S. The quantitative estimate of drug-likeness (QED) is 0.642. The number of carbonyl (C=O) groups excluding carboxylic acids is 3. The second-order valence-corrected chi connectivity index (χ2v) is 7.41. The number of Topliss-reactive ketones (excluding diaryl/α,β-unsaturated/α-hetero) is 1. The molecule has 1 atom stereocenters. The third-order valence-corrected chi connectivity index (χ3v) is 5.46. The molecule has 2 heterocycles. The largest absolute Gasteiger partial charge is 0.480 e. The minimum atomic E-state index is -1.49. The molecule has 1 aromatic carbocycles. The van der Waals surface area contributed by atoms with Gasteiger partial charge in [0, 0.05) is 25.7 Å². The monoisotopic (exact) mass is 417 g/mol. The molecule has 0 aliphatic carbocycles. The Hall–Kier alpha value is -3.27. The highest BCUT2D eigenvalue weighted by Crippen LogP contribution is 2.30. The molecule has 152 valence electrons. The number of likely N-dealkylation sites (tertiary alicyclic amines) is 1. The predicted molar refractivity (Wildman–Crippen MR) is 103 cm³/mol. The summed E-state index contributed by atoms with van der Waals surface area (Å²) in [5.74, 6) is -4.72. The number of nitrogens with zero attached hydrogens (tertiary/aromatic N) is 2. The molecule has 29 heavy (non-hydrogen) atoms. The van der Waals surface area contributed by atoms with E-state index in [9.17, 15) is 19.2 Å². The molecule has 9 nitrogen and oxygen atoms in total. The molecule has 2 N–H and O–H groups in total. The smallest absolute Gasteiger partial charge is 0.322 e.